The fourth-order valence-electron chi connectivity index (χ4n) is 1.08. The van der Waals surface area contributed by atoms with Crippen molar-refractivity contribution in [3.63, 3.8) is 0 Å². The molecule has 0 radical (unpaired) electrons. The lowest BCUT2D eigenvalue weighted by molar-refractivity contribution is -0.134. The third-order valence-electron chi connectivity index (χ3n) is 1.72. The molecule has 68 valence electrons. The molecule has 0 saturated heterocycles. The Labute approximate surface area is 82.0 Å². The van der Waals surface area contributed by atoms with Crippen molar-refractivity contribution in [1.29, 1.82) is 0 Å². The van der Waals surface area contributed by atoms with E-state index in [0.29, 0.717) is 0 Å². The molecule has 1 aromatic rings. The highest BCUT2D eigenvalue weighted by molar-refractivity contribution is 6.14. The van der Waals surface area contributed by atoms with E-state index >= 15 is 0 Å². The van der Waals surface area contributed by atoms with E-state index in [0.717, 1.165) is 5.56 Å². The Morgan fingerprint density at radius 3 is 2.54 bits per heavy atom. The van der Waals surface area contributed by atoms with Crippen molar-refractivity contribution in [2.45, 2.75) is 5.92 Å². The van der Waals surface area contributed by atoms with Gasteiger partial charge < -0.3 is 4.29 Å². The average molecular weight is 197 g/mol. The van der Waals surface area contributed by atoms with Crippen LogP contribution in [0.1, 0.15) is 11.5 Å². The molecule has 1 rings (SSSR count). The Bertz CT molecular complexity index is 295. The lowest BCUT2D eigenvalue weighted by Gasteiger charge is -2.07. The Hall–Kier alpha value is -1.28. The number of benzene rings is 1. The summed E-state index contributed by atoms with van der Waals surface area (Å²) in [6.07, 6.45) is 1.50. The molecular weight excluding hydrogens is 188 g/mol. The third-order valence-corrected chi connectivity index (χ3v) is 1.88. The summed E-state index contributed by atoms with van der Waals surface area (Å²) < 4.78 is 4.12. The third kappa shape index (κ3) is 2.33. The van der Waals surface area contributed by atoms with Gasteiger partial charge in [-0.05, 0) is 5.56 Å². The molecule has 0 bridgehead atoms. The number of rotatable bonds is 3. The van der Waals surface area contributed by atoms with Gasteiger partial charge in [-0.1, -0.05) is 36.4 Å². The van der Waals surface area contributed by atoms with E-state index in [4.69, 9.17) is 11.9 Å². The maximum absolute atomic E-state index is 11.1. The topological polar surface area (TPSA) is 26.3 Å². The molecule has 0 amide bonds. The summed E-state index contributed by atoms with van der Waals surface area (Å²) in [4.78, 5) is 11.1. The van der Waals surface area contributed by atoms with Crippen LogP contribution in [0.3, 0.4) is 0 Å². The van der Waals surface area contributed by atoms with Crippen molar-refractivity contribution < 1.29 is 9.08 Å². The number of hydrogen-bond donors (Lipinski definition) is 0. The van der Waals surface area contributed by atoms with Crippen LogP contribution in [0.25, 0.3) is 0 Å². The molecular formula is C10H9ClO2. The smallest absolute Gasteiger partial charge is 0.335 e. The van der Waals surface area contributed by atoms with Crippen molar-refractivity contribution in [2.24, 2.45) is 0 Å². The molecule has 0 aliphatic carbocycles. The van der Waals surface area contributed by atoms with Crippen LogP contribution >= 0.6 is 11.9 Å². The monoisotopic (exact) mass is 196 g/mol. The SMILES string of the molecule is C=CC(C(=O)OCl)c1ccccc1. The maximum atomic E-state index is 11.1. The summed E-state index contributed by atoms with van der Waals surface area (Å²) in [5.74, 6) is -0.999. The molecule has 2 nitrogen and oxygen atoms in total. The van der Waals surface area contributed by atoms with Gasteiger partial charge in [-0.15, -0.1) is 6.58 Å². The fraction of sp³-hybridized carbons (Fsp3) is 0.100. The Morgan fingerprint density at radius 1 is 1.46 bits per heavy atom. The Kier molecular flexibility index (Phi) is 3.53. The van der Waals surface area contributed by atoms with Crippen LogP contribution in [-0.2, 0) is 9.08 Å². The first kappa shape index (κ1) is 9.81. The van der Waals surface area contributed by atoms with Crippen LogP contribution in [0, 0.1) is 0 Å². The lowest BCUT2D eigenvalue weighted by atomic mass is 10.00. The molecule has 0 aromatic heterocycles. The zero-order valence-corrected chi connectivity index (χ0v) is 7.70. The molecule has 1 unspecified atom stereocenters. The minimum absolute atomic E-state index is 0.487. The van der Waals surface area contributed by atoms with Gasteiger partial charge in [0.25, 0.3) is 0 Å². The normalized spacial score (nSPS) is 11.8. The van der Waals surface area contributed by atoms with Crippen LogP contribution in [0.2, 0.25) is 0 Å². The molecule has 0 saturated carbocycles. The lowest BCUT2D eigenvalue weighted by Crippen LogP contribution is -2.09. The van der Waals surface area contributed by atoms with Crippen LogP contribution in [0.5, 0.6) is 0 Å². The summed E-state index contributed by atoms with van der Waals surface area (Å²) in [6.45, 7) is 3.55. The summed E-state index contributed by atoms with van der Waals surface area (Å²) in [5.41, 5.74) is 0.822. The maximum Gasteiger partial charge on any atom is 0.335 e. The molecule has 13 heavy (non-hydrogen) atoms. The highest BCUT2D eigenvalue weighted by Crippen LogP contribution is 2.18. The number of carbonyl (C=O) groups is 1. The molecule has 1 aromatic carbocycles. The van der Waals surface area contributed by atoms with Gasteiger partial charge in [0.2, 0.25) is 0 Å². The number of hydrogen-bond acceptors (Lipinski definition) is 2. The molecule has 0 aliphatic rings. The Morgan fingerprint density at radius 2 is 2.08 bits per heavy atom. The van der Waals surface area contributed by atoms with E-state index in [1.807, 2.05) is 30.3 Å². The van der Waals surface area contributed by atoms with E-state index < -0.39 is 11.9 Å². The van der Waals surface area contributed by atoms with E-state index in [9.17, 15) is 4.79 Å². The molecule has 1 atom stereocenters. The summed E-state index contributed by atoms with van der Waals surface area (Å²) in [6, 6.07) is 9.19. The van der Waals surface area contributed by atoms with Gasteiger partial charge in [0.05, 0.1) is 0 Å². The standard InChI is InChI=1S/C10H9ClO2/c1-2-9(10(12)13-11)8-6-4-3-5-7-8/h2-7,9H,1H2. The summed E-state index contributed by atoms with van der Waals surface area (Å²) in [7, 11) is 0. The zero-order valence-electron chi connectivity index (χ0n) is 6.94. The second-order valence-electron chi connectivity index (χ2n) is 2.52. The summed E-state index contributed by atoms with van der Waals surface area (Å²) in [5, 5.41) is 0. The van der Waals surface area contributed by atoms with Crippen LogP contribution in [0.4, 0.5) is 0 Å². The predicted octanol–water partition coefficient (Wildman–Crippen LogP) is 2.65. The van der Waals surface area contributed by atoms with Gasteiger partial charge in [-0.25, -0.2) is 4.79 Å². The number of halogens is 1. The van der Waals surface area contributed by atoms with E-state index in [1.54, 1.807) is 0 Å². The fourth-order valence-corrected chi connectivity index (χ4v) is 1.17. The second kappa shape index (κ2) is 4.67. The van der Waals surface area contributed by atoms with Crippen molar-refractivity contribution in [2.75, 3.05) is 0 Å². The van der Waals surface area contributed by atoms with Crippen LogP contribution < -0.4 is 0 Å². The van der Waals surface area contributed by atoms with E-state index in [2.05, 4.69) is 10.9 Å². The highest BCUT2D eigenvalue weighted by atomic mass is 35.5. The number of carbonyl (C=O) groups excluding carboxylic acids is 1. The Balaban J connectivity index is 2.91. The molecule has 0 spiro atoms. The first-order chi connectivity index (χ1) is 6.29. The first-order valence-electron chi connectivity index (χ1n) is 3.79. The van der Waals surface area contributed by atoms with Gasteiger partial charge >= 0.3 is 5.97 Å². The molecule has 0 fully saturated rings. The van der Waals surface area contributed by atoms with Crippen molar-refractivity contribution in [1.82, 2.24) is 0 Å². The molecule has 0 N–H and O–H groups in total. The van der Waals surface area contributed by atoms with Crippen LogP contribution in [-0.4, -0.2) is 5.97 Å². The molecule has 3 heteroatoms. The summed E-state index contributed by atoms with van der Waals surface area (Å²) >= 11 is 4.98. The van der Waals surface area contributed by atoms with Crippen molar-refractivity contribution in [3.8, 4) is 0 Å². The second-order valence-corrected chi connectivity index (χ2v) is 2.67. The van der Waals surface area contributed by atoms with E-state index in [-0.39, 0.29) is 0 Å². The average Bonchev–Trinajstić information content (AvgIpc) is 2.20. The minimum Gasteiger partial charge on any atom is -0.347 e. The van der Waals surface area contributed by atoms with E-state index in [1.165, 1.54) is 6.08 Å². The predicted molar refractivity (Wildman–Crippen MR) is 51.3 cm³/mol. The first-order valence-corrected chi connectivity index (χ1v) is 4.10. The molecule has 0 heterocycles. The highest BCUT2D eigenvalue weighted by Gasteiger charge is 2.17. The van der Waals surface area contributed by atoms with Gasteiger partial charge in [0.1, 0.15) is 17.8 Å². The van der Waals surface area contributed by atoms with Crippen molar-refractivity contribution >= 4 is 17.8 Å². The minimum atomic E-state index is -0.511. The van der Waals surface area contributed by atoms with Crippen molar-refractivity contribution in [3.05, 3.63) is 48.6 Å². The molecule has 0 aliphatic heterocycles. The largest absolute Gasteiger partial charge is 0.347 e. The van der Waals surface area contributed by atoms with Gasteiger partial charge in [0.15, 0.2) is 0 Å². The van der Waals surface area contributed by atoms with Crippen LogP contribution in [0.15, 0.2) is 43.0 Å². The van der Waals surface area contributed by atoms with Gasteiger partial charge in [-0.2, -0.15) is 0 Å². The van der Waals surface area contributed by atoms with Gasteiger partial charge in [-0.3, -0.25) is 0 Å². The quantitative estimate of drug-likeness (QED) is 0.695. The zero-order chi connectivity index (χ0) is 9.68. The van der Waals surface area contributed by atoms with Gasteiger partial charge in [0, 0.05) is 0 Å².